The molecule has 0 atom stereocenters. The summed E-state index contributed by atoms with van der Waals surface area (Å²) >= 11 is 0. The summed E-state index contributed by atoms with van der Waals surface area (Å²) in [5, 5.41) is 0. The van der Waals surface area contributed by atoms with E-state index in [4.69, 9.17) is 9.47 Å². The van der Waals surface area contributed by atoms with Crippen LogP contribution in [0.4, 0.5) is 0 Å². The van der Waals surface area contributed by atoms with Crippen LogP contribution >= 0.6 is 0 Å². The quantitative estimate of drug-likeness (QED) is 0.752. The van der Waals surface area contributed by atoms with Crippen LogP contribution in [0.5, 0.6) is 5.75 Å². The highest BCUT2D eigenvalue weighted by molar-refractivity contribution is 7.89. The van der Waals surface area contributed by atoms with Gasteiger partial charge in [-0.05, 0) is 30.7 Å². The number of hydrogen-bond donors (Lipinski definition) is 0. The highest BCUT2D eigenvalue weighted by Gasteiger charge is 2.25. The molecule has 0 unspecified atom stereocenters. The number of hydrogen-bond acceptors (Lipinski definition) is 5. The van der Waals surface area contributed by atoms with Crippen LogP contribution in [-0.4, -0.2) is 45.5 Å². The van der Waals surface area contributed by atoms with Crippen LogP contribution in [0.1, 0.15) is 12.5 Å². The molecule has 0 saturated heterocycles. The van der Waals surface area contributed by atoms with Crippen LogP contribution in [0.2, 0.25) is 0 Å². The predicted octanol–water partition coefficient (Wildman–Crippen LogP) is 0.805. The minimum absolute atomic E-state index is 0.161. The second-order valence-electron chi connectivity index (χ2n) is 4.43. The van der Waals surface area contributed by atoms with Gasteiger partial charge < -0.3 is 9.47 Å². The van der Waals surface area contributed by atoms with Gasteiger partial charge >= 0.3 is 5.97 Å². The number of rotatable bonds is 5. The Morgan fingerprint density at radius 2 is 2.20 bits per heavy atom. The molecule has 0 N–H and O–H groups in total. The Morgan fingerprint density at radius 1 is 1.45 bits per heavy atom. The van der Waals surface area contributed by atoms with E-state index in [0.717, 1.165) is 15.6 Å². The van der Waals surface area contributed by atoms with Crippen molar-refractivity contribution in [3.8, 4) is 5.75 Å². The number of fused-ring (bicyclic) bond motifs is 1. The lowest BCUT2D eigenvalue weighted by Gasteiger charge is -2.16. The molecule has 1 heterocycles. The SMILES string of the molecule is CCOC(=O)CN(C)S(=O)(=O)c1ccc2c(c1)CCO2. The molecule has 1 aliphatic rings. The topological polar surface area (TPSA) is 72.9 Å². The van der Waals surface area contributed by atoms with Crippen molar-refractivity contribution in [1.29, 1.82) is 0 Å². The molecule has 7 heteroatoms. The molecule has 0 aromatic heterocycles. The average molecular weight is 299 g/mol. The minimum Gasteiger partial charge on any atom is -0.493 e. The molecule has 0 amide bonds. The largest absolute Gasteiger partial charge is 0.493 e. The highest BCUT2D eigenvalue weighted by atomic mass is 32.2. The smallest absolute Gasteiger partial charge is 0.321 e. The summed E-state index contributed by atoms with van der Waals surface area (Å²) in [6.07, 6.45) is 0.695. The molecule has 2 rings (SSSR count). The first-order valence-electron chi connectivity index (χ1n) is 6.33. The van der Waals surface area contributed by atoms with Crippen molar-refractivity contribution < 1.29 is 22.7 Å². The van der Waals surface area contributed by atoms with Crippen LogP contribution in [0, 0.1) is 0 Å². The molecular formula is C13H17NO5S. The van der Waals surface area contributed by atoms with Gasteiger partial charge in [-0.25, -0.2) is 8.42 Å². The number of carbonyl (C=O) groups is 1. The highest BCUT2D eigenvalue weighted by Crippen LogP contribution is 2.28. The van der Waals surface area contributed by atoms with Crippen molar-refractivity contribution in [2.75, 3.05) is 26.8 Å². The zero-order chi connectivity index (χ0) is 14.8. The van der Waals surface area contributed by atoms with Crippen LogP contribution in [0.25, 0.3) is 0 Å². The van der Waals surface area contributed by atoms with Crippen molar-refractivity contribution in [3.63, 3.8) is 0 Å². The van der Waals surface area contributed by atoms with Gasteiger partial charge in [0, 0.05) is 13.5 Å². The van der Waals surface area contributed by atoms with E-state index in [1.807, 2.05) is 0 Å². The van der Waals surface area contributed by atoms with Crippen LogP contribution < -0.4 is 4.74 Å². The summed E-state index contributed by atoms with van der Waals surface area (Å²) in [5.41, 5.74) is 0.871. The van der Waals surface area contributed by atoms with Gasteiger partial charge in [0.05, 0.1) is 18.1 Å². The maximum atomic E-state index is 12.3. The maximum absolute atomic E-state index is 12.3. The number of esters is 1. The molecule has 1 aromatic carbocycles. The van der Waals surface area contributed by atoms with E-state index in [0.29, 0.717) is 13.0 Å². The second-order valence-corrected chi connectivity index (χ2v) is 6.48. The normalized spacial score (nSPS) is 13.9. The van der Waals surface area contributed by atoms with Crippen molar-refractivity contribution in [1.82, 2.24) is 4.31 Å². The first kappa shape index (κ1) is 14.8. The molecule has 0 radical (unpaired) electrons. The van der Waals surface area contributed by atoms with E-state index < -0.39 is 16.0 Å². The van der Waals surface area contributed by atoms with E-state index >= 15 is 0 Å². The molecule has 20 heavy (non-hydrogen) atoms. The van der Waals surface area contributed by atoms with Crippen LogP contribution in [0.15, 0.2) is 23.1 Å². The molecule has 0 fully saturated rings. The minimum atomic E-state index is -3.70. The molecule has 0 bridgehead atoms. The number of nitrogens with zero attached hydrogens (tertiary/aromatic N) is 1. The predicted molar refractivity (Wildman–Crippen MR) is 72.1 cm³/mol. The van der Waals surface area contributed by atoms with Crippen LogP contribution in [-0.2, 0) is 26.0 Å². The summed E-state index contributed by atoms with van der Waals surface area (Å²) < 4.78 is 35.8. The average Bonchev–Trinajstić information content (AvgIpc) is 2.85. The number of carbonyl (C=O) groups excluding carboxylic acids is 1. The van der Waals surface area contributed by atoms with Gasteiger partial charge in [0.1, 0.15) is 12.3 Å². The third-order valence-electron chi connectivity index (χ3n) is 3.03. The van der Waals surface area contributed by atoms with Gasteiger partial charge in [-0.2, -0.15) is 4.31 Å². The van der Waals surface area contributed by atoms with Gasteiger partial charge in [-0.15, -0.1) is 0 Å². The zero-order valence-corrected chi connectivity index (χ0v) is 12.3. The summed E-state index contributed by atoms with van der Waals surface area (Å²) in [7, 11) is -2.34. The molecule has 0 saturated carbocycles. The first-order chi connectivity index (χ1) is 9.45. The van der Waals surface area contributed by atoms with E-state index in [-0.39, 0.29) is 18.0 Å². The van der Waals surface area contributed by atoms with Gasteiger partial charge in [-0.3, -0.25) is 4.79 Å². The number of benzene rings is 1. The molecule has 6 nitrogen and oxygen atoms in total. The number of sulfonamides is 1. The summed E-state index contributed by atoms with van der Waals surface area (Å²) in [6.45, 7) is 2.16. The fraction of sp³-hybridized carbons (Fsp3) is 0.462. The Kier molecular flexibility index (Phi) is 4.29. The molecule has 1 aromatic rings. The van der Waals surface area contributed by atoms with Gasteiger partial charge in [-0.1, -0.05) is 0 Å². The van der Waals surface area contributed by atoms with E-state index in [9.17, 15) is 13.2 Å². The third-order valence-corrected chi connectivity index (χ3v) is 4.83. The van der Waals surface area contributed by atoms with Crippen molar-refractivity contribution in [2.24, 2.45) is 0 Å². The van der Waals surface area contributed by atoms with Crippen molar-refractivity contribution in [3.05, 3.63) is 23.8 Å². The fourth-order valence-electron chi connectivity index (χ4n) is 1.98. The lowest BCUT2D eigenvalue weighted by Crippen LogP contribution is -2.33. The molecule has 110 valence electrons. The number of ether oxygens (including phenoxy) is 2. The monoisotopic (exact) mass is 299 g/mol. The van der Waals surface area contributed by atoms with Gasteiger partial charge in [0.25, 0.3) is 0 Å². The van der Waals surface area contributed by atoms with E-state index in [1.54, 1.807) is 19.1 Å². The van der Waals surface area contributed by atoms with Gasteiger partial charge in [0.2, 0.25) is 10.0 Å². The Hall–Kier alpha value is -1.60. The van der Waals surface area contributed by atoms with Crippen molar-refractivity contribution in [2.45, 2.75) is 18.2 Å². The summed E-state index contributed by atoms with van der Waals surface area (Å²) in [5.74, 6) is 0.153. The molecule has 1 aliphatic heterocycles. The fourth-order valence-corrected chi connectivity index (χ4v) is 3.14. The summed E-state index contributed by atoms with van der Waals surface area (Å²) in [4.78, 5) is 11.5. The van der Waals surface area contributed by atoms with E-state index in [1.165, 1.54) is 13.1 Å². The Balaban J connectivity index is 2.19. The Labute approximate surface area is 118 Å². The maximum Gasteiger partial charge on any atom is 0.321 e. The Bertz CT molecular complexity index is 611. The lowest BCUT2D eigenvalue weighted by molar-refractivity contribution is -0.143. The van der Waals surface area contributed by atoms with Crippen molar-refractivity contribution >= 4 is 16.0 Å². The summed E-state index contributed by atoms with van der Waals surface area (Å²) in [6, 6.07) is 4.73. The zero-order valence-electron chi connectivity index (χ0n) is 11.5. The first-order valence-corrected chi connectivity index (χ1v) is 7.77. The van der Waals surface area contributed by atoms with E-state index in [2.05, 4.69) is 0 Å². The van der Waals surface area contributed by atoms with Gasteiger partial charge in [0.15, 0.2) is 0 Å². The Morgan fingerprint density at radius 3 is 2.90 bits per heavy atom. The van der Waals surface area contributed by atoms with Crippen LogP contribution in [0.3, 0.4) is 0 Å². The molecular weight excluding hydrogens is 282 g/mol. The molecule has 0 spiro atoms. The molecule has 0 aliphatic carbocycles. The third kappa shape index (κ3) is 2.94. The number of likely N-dealkylation sites (N-methyl/N-ethyl adjacent to an activating group) is 1. The lowest BCUT2D eigenvalue weighted by atomic mass is 10.2. The second kappa shape index (κ2) is 5.80. The standard InChI is InChI=1S/C13H17NO5S/c1-3-18-13(15)9-14(2)20(16,17)11-4-5-12-10(8-11)6-7-19-12/h4-5,8H,3,6-7,9H2,1-2H3.